The van der Waals surface area contributed by atoms with E-state index in [1.165, 1.54) is 5.56 Å². The highest BCUT2D eigenvalue weighted by molar-refractivity contribution is 5.81. The van der Waals surface area contributed by atoms with E-state index >= 15 is 0 Å². The number of hydrogen-bond donors (Lipinski definition) is 2. The van der Waals surface area contributed by atoms with Gasteiger partial charge < -0.3 is 11.1 Å². The number of carbonyl (C=O) groups is 1. The van der Waals surface area contributed by atoms with Crippen molar-refractivity contribution in [1.29, 1.82) is 0 Å². The number of nitrogens with one attached hydrogen (secondary N) is 1. The third-order valence-corrected chi connectivity index (χ3v) is 3.33. The monoisotopic (exact) mass is 283 g/mol. The van der Waals surface area contributed by atoms with Gasteiger partial charge in [-0.15, -0.1) is 0 Å². The molecule has 0 fully saturated rings. The zero-order valence-corrected chi connectivity index (χ0v) is 12.0. The molecule has 0 aliphatic heterocycles. The van der Waals surface area contributed by atoms with Gasteiger partial charge in [0, 0.05) is 24.9 Å². The molecule has 4 nitrogen and oxygen atoms in total. The van der Waals surface area contributed by atoms with Gasteiger partial charge in [0.2, 0.25) is 5.91 Å². The van der Waals surface area contributed by atoms with Gasteiger partial charge in [0.05, 0.1) is 6.04 Å². The second-order valence-corrected chi connectivity index (χ2v) is 4.99. The molecule has 0 radical (unpaired) electrons. The maximum atomic E-state index is 11.9. The standard InChI is InChI=1S/C17H21N3O/c18-16(10-9-14-6-2-1-3-7-14)17(21)20-13-11-15-8-4-5-12-19-15/h1-8,12,16H,9-11,13,18H2,(H,20,21)/t16-/m0/s1. The Kier molecular flexibility index (Phi) is 5.91. The molecule has 0 saturated carbocycles. The van der Waals surface area contributed by atoms with Crippen molar-refractivity contribution >= 4 is 5.91 Å². The zero-order chi connectivity index (χ0) is 14.9. The van der Waals surface area contributed by atoms with Crippen LogP contribution in [-0.4, -0.2) is 23.5 Å². The highest BCUT2D eigenvalue weighted by atomic mass is 16.2. The van der Waals surface area contributed by atoms with Crippen LogP contribution >= 0.6 is 0 Å². The maximum Gasteiger partial charge on any atom is 0.236 e. The zero-order valence-electron chi connectivity index (χ0n) is 12.0. The van der Waals surface area contributed by atoms with Gasteiger partial charge in [-0.05, 0) is 30.5 Å². The highest BCUT2D eigenvalue weighted by Gasteiger charge is 2.12. The number of nitrogens with zero attached hydrogens (tertiary/aromatic N) is 1. The molecule has 21 heavy (non-hydrogen) atoms. The number of amides is 1. The first-order chi connectivity index (χ1) is 10.3. The summed E-state index contributed by atoms with van der Waals surface area (Å²) in [6.45, 7) is 0.564. The molecule has 1 atom stereocenters. The van der Waals surface area contributed by atoms with E-state index in [1.54, 1.807) is 6.20 Å². The first kappa shape index (κ1) is 15.2. The lowest BCUT2D eigenvalue weighted by molar-refractivity contribution is -0.122. The summed E-state index contributed by atoms with van der Waals surface area (Å²) in [4.78, 5) is 16.1. The molecule has 1 heterocycles. The van der Waals surface area contributed by atoms with E-state index in [4.69, 9.17) is 5.73 Å². The minimum Gasteiger partial charge on any atom is -0.354 e. The minimum atomic E-state index is -0.464. The van der Waals surface area contributed by atoms with E-state index in [2.05, 4.69) is 10.3 Å². The summed E-state index contributed by atoms with van der Waals surface area (Å²) in [6, 6.07) is 15.4. The molecule has 0 aliphatic carbocycles. The van der Waals surface area contributed by atoms with Crippen molar-refractivity contribution in [1.82, 2.24) is 10.3 Å². The molecule has 1 amide bonds. The second-order valence-electron chi connectivity index (χ2n) is 4.99. The number of hydrogen-bond acceptors (Lipinski definition) is 3. The Bertz CT molecular complexity index is 542. The smallest absolute Gasteiger partial charge is 0.236 e. The maximum absolute atomic E-state index is 11.9. The van der Waals surface area contributed by atoms with E-state index in [-0.39, 0.29) is 5.91 Å². The third kappa shape index (κ3) is 5.36. The van der Waals surface area contributed by atoms with Crippen LogP contribution in [0.2, 0.25) is 0 Å². The number of pyridine rings is 1. The lowest BCUT2D eigenvalue weighted by Gasteiger charge is -2.12. The first-order valence-corrected chi connectivity index (χ1v) is 7.23. The van der Waals surface area contributed by atoms with Crippen LogP contribution in [0.4, 0.5) is 0 Å². The topological polar surface area (TPSA) is 68.0 Å². The van der Waals surface area contributed by atoms with Crippen LogP contribution in [0.1, 0.15) is 17.7 Å². The lowest BCUT2D eigenvalue weighted by Crippen LogP contribution is -2.41. The number of rotatable bonds is 7. The summed E-state index contributed by atoms with van der Waals surface area (Å²) in [5, 5.41) is 2.86. The number of benzene rings is 1. The normalized spacial score (nSPS) is 11.9. The highest BCUT2D eigenvalue weighted by Crippen LogP contribution is 2.04. The van der Waals surface area contributed by atoms with Gasteiger partial charge in [-0.2, -0.15) is 0 Å². The largest absolute Gasteiger partial charge is 0.354 e. The molecular weight excluding hydrogens is 262 g/mol. The Morgan fingerprint density at radius 3 is 2.57 bits per heavy atom. The summed E-state index contributed by atoms with van der Waals surface area (Å²) >= 11 is 0. The molecule has 1 aromatic carbocycles. The summed E-state index contributed by atoms with van der Waals surface area (Å²) in [5.41, 5.74) is 8.09. The Labute approximate surface area is 125 Å². The quantitative estimate of drug-likeness (QED) is 0.812. The van der Waals surface area contributed by atoms with Gasteiger partial charge in [-0.25, -0.2) is 0 Å². The van der Waals surface area contributed by atoms with Gasteiger partial charge in [0.15, 0.2) is 0 Å². The molecule has 1 aromatic heterocycles. The minimum absolute atomic E-state index is 0.0955. The van der Waals surface area contributed by atoms with Crippen LogP contribution in [0.25, 0.3) is 0 Å². The molecule has 0 spiro atoms. The summed E-state index contributed by atoms with van der Waals surface area (Å²) in [7, 11) is 0. The summed E-state index contributed by atoms with van der Waals surface area (Å²) < 4.78 is 0. The van der Waals surface area contributed by atoms with Crippen LogP contribution in [0, 0.1) is 0 Å². The Morgan fingerprint density at radius 1 is 1.10 bits per heavy atom. The lowest BCUT2D eigenvalue weighted by atomic mass is 10.1. The Morgan fingerprint density at radius 2 is 1.86 bits per heavy atom. The molecule has 0 aliphatic rings. The van der Waals surface area contributed by atoms with Crippen molar-refractivity contribution in [2.75, 3.05) is 6.54 Å². The van der Waals surface area contributed by atoms with E-state index in [0.29, 0.717) is 13.0 Å². The molecular formula is C17H21N3O. The van der Waals surface area contributed by atoms with Gasteiger partial charge in [0.25, 0.3) is 0 Å². The van der Waals surface area contributed by atoms with Gasteiger partial charge >= 0.3 is 0 Å². The fraction of sp³-hybridized carbons (Fsp3) is 0.294. The molecule has 110 valence electrons. The molecule has 2 aromatic rings. The first-order valence-electron chi connectivity index (χ1n) is 7.23. The van der Waals surface area contributed by atoms with Crippen LogP contribution in [0.5, 0.6) is 0 Å². The van der Waals surface area contributed by atoms with Crippen LogP contribution in [0.15, 0.2) is 54.7 Å². The summed E-state index contributed by atoms with van der Waals surface area (Å²) in [6.07, 6.45) is 3.94. The predicted molar refractivity (Wildman–Crippen MR) is 83.7 cm³/mol. The number of aryl methyl sites for hydroxylation is 1. The van der Waals surface area contributed by atoms with Crippen molar-refractivity contribution in [3.05, 3.63) is 66.0 Å². The van der Waals surface area contributed by atoms with E-state index in [0.717, 1.165) is 18.5 Å². The van der Waals surface area contributed by atoms with Crippen LogP contribution < -0.4 is 11.1 Å². The predicted octanol–water partition coefficient (Wildman–Crippen LogP) is 1.70. The SMILES string of the molecule is N[C@@H](CCc1ccccc1)C(=O)NCCc1ccccn1. The second kappa shape index (κ2) is 8.17. The molecule has 0 unspecified atom stereocenters. The van der Waals surface area contributed by atoms with Crippen molar-refractivity contribution in [3.8, 4) is 0 Å². The molecule has 0 bridgehead atoms. The molecule has 2 rings (SSSR count). The van der Waals surface area contributed by atoms with Crippen molar-refractivity contribution in [2.24, 2.45) is 5.73 Å². The van der Waals surface area contributed by atoms with Crippen molar-refractivity contribution in [3.63, 3.8) is 0 Å². The van der Waals surface area contributed by atoms with Crippen molar-refractivity contribution < 1.29 is 4.79 Å². The van der Waals surface area contributed by atoms with Gasteiger partial charge in [-0.1, -0.05) is 36.4 Å². The third-order valence-electron chi connectivity index (χ3n) is 3.33. The van der Waals surface area contributed by atoms with E-state index in [9.17, 15) is 4.79 Å². The fourth-order valence-electron chi connectivity index (χ4n) is 2.09. The number of aromatic nitrogens is 1. The average Bonchev–Trinajstić information content (AvgIpc) is 2.54. The Balaban J connectivity index is 1.68. The number of carbonyl (C=O) groups excluding carboxylic acids is 1. The Hall–Kier alpha value is -2.20. The molecule has 3 N–H and O–H groups in total. The van der Waals surface area contributed by atoms with E-state index < -0.39 is 6.04 Å². The van der Waals surface area contributed by atoms with Crippen LogP contribution in [0.3, 0.4) is 0 Å². The van der Waals surface area contributed by atoms with Crippen LogP contribution in [-0.2, 0) is 17.6 Å². The average molecular weight is 283 g/mol. The molecule has 4 heteroatoms. The van der Waals surface area contributed by atoms with Gasteiger partial charge in [-0.3, -0.25) is 9.78 Å². The van der Waals surface area contributed by atoms with Gasteiger partial charge in [0.1, 0.15) is 0 Å². The fourth-order valence-corrected chi connectivity index (χ4v) is 2.09. The molecule has 0 saturated heterocycles. The summed E-state index contributed by atoms with van der Waals surface area (Å²) in [5.74, 6) is -0.0955. The van der Waals surface area contributed by atoms with Crippen molar-refractivity contribution in [2.45, 2.75) is 25.3 Å². The van der Waals surface area contributed by atoms with E-state index in [1.807, 2.05) is 48.5 Å². The number of nitrogens with two attached hydrogens (primary N) is 1.